The average molecular weight is 672 g/mol. The highest BCUT2D eigenvalue weighted by molar-refractivity contribution is 6.13. The van der Waals surface area contributed by atoms with Crippen molar-refractivity contribution in [3.05, 3.63) is 83.3 Å². The van der Waals surface area contributed by atoms with E-state index < -0.39 is 29.3 Å². The van der Waals surface area contributed by atoms with E-state index in [9.17, 15) is 18.4 Å². The Labute approximate surface area is 280 Å². The van der Waals surface area contributed by atoms with Crippen LogP contribution in [0.2, 0.25) is 0 Å². The molecule has 2 aliphatic heterocycles. The summed E-state index contributed by atoms with van der Waals surface area (Å²) in [5.41, 5.74) is 9.09. The molecule has 2 aromatic carbocycles. The number of nitrogens with zero attached hydrogens (tertiary/aromatic N) is 5. The van der Waals surface area contributed by atoms with Gasteiger partial charge in [0.15, 0.2) is 11.6 Å². The maximum Gasteiger partial charge on any atom is 0.414 e. The number of hydrogen-bond donors (Lipinski definition) is 2. The number of halogens is 2. The number of rotatable bonds is 9. The predicted octanol–water partition coefficient (Wildman–Crippen LogP) is 6.15. The van der Waals surface area contributed by atoms with Crippen molar-refractivity contribution < 1.29 is 32.6 Å². The molecular weight excluding hydrogens is 636 g/mol. The third-order valence-corrected chi connectivity index (χ3v) is 8.96. The van der Waals surface area contributed by atoms with Crippen LogP contribution in [-0.2, 0) is 4.74 Å². The van der Waals surface area contributed by atoms with Gasteiger partial charge in [0.1, 0.15) is 24.3 Å². The van der Waals surface area contributed by atoms with Crippen molar-refractivity contribution in [3.8, 4) is 23.1 Å². The number of H-pyrrole nitrogens is 1. The molecular formula is C35H35F2N7O5. The number of amides is 1. The molecule has 3 aromatic heterocycles. The Balaban J connectivity index is 1.15. The SMILES string of the molecule is Cc1cc(Oc2c(F)cccc2F)ncc1-n1ncc(C(=O)c2cc3cc(OC4CCN(C(C)C)CC4)c(N4CCOC4=O)cc3[nH]2)c1N. The Morgan fingerprint density at radius 2 is 1.82 bits per heavy atom. The van der Waals surface area contributed by atoms with Crippen LogP contribution in [0.1, 0.15) is 48.3 Å². The van der Waals surface area contributed by atoms with E-state index in [2.05, 4.69) is 33.8 Å². The summed E-state index contributed by atoms with van der Waals surface area (Å²) in [6.07, 6.45) is 4.00. The minimum atomic E-state index is -0.860. The molecule has 0 atom stereocenters. The van der Waals surface area contributed by atoms with E-state index >= 15 is 0 Å². The summed E-state index contributed by atoms with van der Waals surface area (Å²) >= 11 is 0. The van der Waals surface area contributed by atoms with Gasteiger partial charge in [0.05, 0.1) is 41.6 Å². The standard InChI is InChI=1S/C35H35F2N7O5/c1-19(2)42-9-7-22(8-10-42)48-30-15-21-14-27(41-26(21)16-28(30)43-11-12-47-35(43)46)32(45)23-17-40-44(34(23)38)29-18-39-31(13-20(29)3)49-33-24(36)5-4-6-25(33)37/h4-6,13-19,22,41H,7-12,38H2,1-3H3. The molecule has 5 aromatic rings. The third kappa shape index (κ3) is 6.15. The van der Waals surface area contributed by atoms with Gasteiger partial charge >= 0.3 is 6.09 Å². The van der Waals surface area contributed by atoms with Crippen molar-refractivity contribution in [2.75, 3.05) is 36.9 Å². The maximum absolute atomic E-state index is 14.1. The quantitative estimate of drug-likeness (QED) is 0.177. The molecule has 5 heterocycles. The molecule has 0 saturated carbocycles. The van der Waals surface area contributed by atoms with Gasteiger partial charge in [0.25, 0.3) is 0 Å². The van der Waals surface area contributed by atoms with Gasteiger partial charge in [-0.05, 0) is 69.5 Å². The van der Waals surface area contributed by atoms with Crippen LogP contribution in [0.5, 0.6) is 17.4 Å². The summed E-state index contributed by atoms with van der Waals surface area (Å²) in [5, 5.41) is 5.06. The molecule has 0 aliphatic carbocycles. The first kappa shape index (κ1) is 32.1. The summed E-state index contributed by atoms with van der Waals surface area (Å²) in [7, 11) is 0. The fourth-order valence-electron chi connectivity index (χ4n) is 6.23. The first-order valence-corrected chi connectivity index (χ1v) is 16.1. The molecule has 7 rings (SSSR count). The highest BCUT2D eigenvalue weighted by Gasteiger charge is 2.30. The lowest BCUT2D eigenvalue weighted by Crippen LogP contribution is -2.41. The molecule has 0 radical (unpaired) electrons. The third-order valence-electron chi connectivity index (χ3n) is 8.96. The molecule has 0 bridgehead atoms. The Morgan fingerprint density at radius 3 is 2.49 bits per heavy atom. The van der Waals surface area contributed by atoms with E-state index in [1.807, 2.05) is 6.07 Å². The number of carbonyl (C=O) groups is 2. The van der Waals surface area contributed by atoms with E-state index in [0.717, 1.165) is 43.5 Å². The highest BCUT2D eigenvalue weighted by atomic mass is 19.1. The Morgan fingerprint density at radius 1 is 1.06 bits per heavy atom. The zero-order chi connectivity index (χ0) is 34.4. The molecule has 0 unspecified atom stereocenters. The van der Waals surface area contributed by atoms with Crippen molar-refractivity contribution in [2.45, 2.75) is 45.8 Å². The van der Waals surface area contributed by atoms with E-state index in [1.165, 1.54) is 29.2 Å². The van der Waals surface area contributed by atoms with Gasteiger partial charge in [-0.15, -0.1) is 0 Å². The van der Waals surface area contributed by atoms with Crippen LogP contribution in [-0.4, -0.2) is 74.9 Å². The van der Waals surface area contributed by atoms with Gasteiger partial charge in [-0.3, -0.25) is 9.69 Å². The van der Waals surface area contributed by atoms with Crippen molar-refractivity contribution in [1.82, 2.24) is 24.6 Å². The van der Waals surface area contributed by atoms with Gasteiger partial charge < -0.3 is 29.8 Å². The van der Waals surface area contributed by atoms with E-state index in [0.29, 0.717) is 40.8 Å². The minimum absolute atomic E-state index is 0.0187. The lowest BCUT2D eigenvalue weighted by molar-refractivity contribution is 0.0846. The lowest BCUT2D eigenvalue weighted by atomic mass is 10.1. The Hall–Kier alpha value is -5.50. The number of ether oxygens (including phenoxy) is 3. The molecule has 2 aliphatic rings. The predicted molar refractivity (Wildman–Crippen MR) is 178 cm³/mol. The number of para-hydroxylation sites is 1. The van der Waals surface area contributed by atoms with E-state index in [4.69, 9.17) is 19.9 Å². The van der Waals surface area contributed by atoms with Gasteiger partial charge in [0, 0.05) is 36.1 Å². The van der Waals surface area contributed by atoms with Gasteiger partial charge in [-0.25, -0.2) is 23.2 Å². The fourth-order valence-corrected chi connectivity index (χ4v) is 6.23. The molecule has 2 saturated heterocycles. The smallest absolute Gasteiger partial charge is 0.414 e. The molecule has 12 nitrogen and oxygen atoms in total. The number of piperidine rings is 1. The van der Waals surface area contributed by atoms with E-state index in [-0.39, 0.29) is 35.7 Å². The Bertz CT molecular complexity index is 2050. The number of aromatic nitrogens is 4. The number of anilines is 2. The largest absolute Gasteiger partial charge is 0.488 e. The van der Waals surface area contributed by atoms with Crippen molar-refractivity contribution in [3.63, 3.8) is 0 Å². The number of ketones is 1. The number of nitrogens with two attached hydrogens (primary N) is 1. The minimum Gasteiger partial charge on any atom is -0.488 e. The number of aromatic amines is 1. The summed E-state index contributed by atoms with van der Waals surface area (Å²) < 4.78 is 46.6. The number of likely N-dealkylation sites (tertiary alicyclic amines) is 1. The first-order valence-electron chi connectivity index (χ1n) is 16.1. The number of aryl methyl sites for hydroxylation is 1. The second-order valence-corrected chi connectivity index (χ2v) is 12.4. The zero-order valence-electron chi connectivity index (χ0n) is 27.2. The van der Waals surface area contributed by atoms with Crippen LogP contribution in [0.15, 0.2) is 54.9 Å². The number of cyclic esters (lactones) is 1. The lowest BCUT2D eigenvalue weighted by Gasteiger charge is -2.35. The molecule has 0 spiro atoms. The summed E-state index contributed by atoms with van der Waals surface area (Å²) in [5.74, 6) is -2.10. The summed E-state index contributed by atoms with van der Waals surface area (Å²) in [4.78, 5) is 37.7. The van der Waals surface area contributed by atoms with E-state index in [1.54, 1.807) is 24.0 Å². The fraction of sp³-hybridized carbons (Fsp3) is 0.314. The number of nitrogen functional groups attached to an aromatic ring is 1. The van der Waals surface area contributed by atoms with Gasteiger partial charge in [-0.1, -0.05) is 6.07 Å². The average Bonchev–Trinajstić information content (AvgIpc) is 3.80. The van der Waals surface area contributed by atoms with Crippen LogP contribution < -0.4 is 20.1 Å². The van der Waals surface area contributed by atoms with Crippen molar-refractivity contribution in [1.29, 1.82) is 0 Å². The number of benzene rings is 2. The number of fused-ring (bicyclic) bond motifs is 1. The topological polar surface area (TPSA) is 141 Å². The van der Waals surface area contributed by atoms with Crippen LogP contribution >= 0.6 is 0 Å². The zero-order valence-corrected chi connectivity index (χ0v) is 27.2. The van der Waals surface area contributed by atoms with Gasteiger partial charge in [0.2, 0.25) is 17.4 Å². The summed E-state index contributed by atoms with van der Waals surface area (Å²) in [6.45, 7) is 8.59. The molecule has 2 fully saturated rings. The number of hydrogen-bond acceptors (Lipinski definition) is 9. The molecule has 254 valence electrons. The number of nitrogens with one attached hydrogen (secondary N) is 1. The highest BCUT2D eigenvalue weighted by Crippen LogP contribution is 2.37. The normalized spacial score (nSPS) is 15.7. The summed E-state index contributed by atoms with van der Waals surface area (Å²) in [6, 6.07) is 10.7. The van der Waals surface area contributed by atoms with Gasteiger partial charge in [-0.2, -0.15) is 5.10 Å². The maximum atomic E-state index is 14.1. The Kier molecular flexibility index (Phi) is 8.40. The number of carbonyl (C=O) groups excluding carboxylic acids is 2. The molecule has 49 heavy (non-hydrogen) atoms. The second-order valence-electron chi connectivity index (χ2n) is 12.4. The van der Waals surface area contributed by atoms with Crippen molar-refractivity contribution in [2.24, 2.45) is 0 Å². The monoisotopic (exact) mass is 671 g/mol. The number of pyridine rings is 1. The first-order chi connectivity index (χ1) is 23.6. The second kappa shape index (κ2) is 12.8. The van der Waals surface area contributed by atoms with Crippen molar-refractivity contribution >= 4 is 34.3 Å². The van der Waals surface area contributed by atoms with Crippen LogP contribution in [0, 0.1) is 18.6 Å². The molecule has 3 N–H and O–H groups in total. The van der Waals surface area contributed by atoms with Crippen LogP contribution in [0.25, 0.3) is 16.6 Å². The molecule has 1 amide bonds. The van der Waals surface area contributed by atoms with Crippen LogP contribution in [0.3, 0.4) is 0 Å². The molecule has 14 heteroatoms. The van der Waals surface area contributed by atoms with Crippen LogP contribution in [0.4, 0.5) is 25.1 Å².